The molecule has 2 aromatic rings. The van der Waals surface area contributed by atoms with Crippen LogP contribution < -0.4 is 5.73 Å². The number of thioether (sulfide) groups is 1. The lowest BCUT2D eigenvalue weighted by Crippen LogP contribution is -2.31. The summed E-state index contributed by atoms with van der Waals surface area (Å²) in [5, 5.41) is 0. The van der Waals surface area contributed by atoms with Crippen molar-refractivity contribution in [3.05, 3.63) is 66.0 Å². The van der Waals surface area contributed by atoms with Crippen LogP contribution in [-0.2, 0) is 4.79 Å². The van der Waals surface area contributed by atoms with Crippen LogP contribution in [0.5, 0.6) is 0 Å². The molecule has 1 amide bonds. The van der Waals surface area contributed by atoms with Gasteiger partial charge in [0.05, 0.1) is 5.75 Å². The number of hydrogen-bond donors (Lipinski definition) is 1. The minimum atomic E-state index is -0.262. The molecule has 0 aromatic heterocycles. The van der Waals surface area contributed by atoms with Gasteiger partial charge >= 0.3 is 0 Å². The Kier molecular flexibility index (Phi) is 5.53. The summed E-state index contributed by atoms with van der Waals surface area (Å²) in [6.45, 7) is 2.00. The predicted octanol–water partition coefficient (Wildman–Crippen LogP) is 3.12. The Morgan fingerprint density at radius 1 is 1.12 bits per heavy atom. The molecule has 1 heterocycles. The summed E-state index contributed by atoms with van der Waals surface area (Å²) in [6, 6.07) is 16.5. The number of halogens is 1. The van der Waals surface area contributed by atoms with Gasteiger partial charge < -0.3 is 10.6 Å². The highest BCUT2D eigenvalue weighted by Crippen LogP contribution is 2.32. The first-order chi connectivity index (χ1) is 11.7. The van der Waals surface area contributed by atoms with E-state index in [0.717, 1.165) is 4.90 Å². The fourth-order valence-corrected chi connectivity index (χ4v) is 3.96. The van der Waals surface area contributed by atoms with Crippen molar-refractivity contribution in [2.45, 2.75) is 10.8 Å². The van der Waals surface area contributed by atoms with Gasteiger partial charge in [-0.1, -0.05) is 30.3 Å². The number of amides is 1. The molecule has 2 N–H and O–H groups in total. The summed E-state index contributed by atoms with van der Waals surface area (Å²) in [5.74, 6) is 0.816. The van der Waals surface area contributed by atoms with E-state index in [1.54, 1.807) is 12.1 Å². The Morgan fingerprint density at radius 2 is 1.83 bits per heavy atom. The quantitative estimate of drug-likeness (QED) is 0.848. The van der Waals surface area contributed by atoms with E-state index in [2.05, 4.69) is 12.1 Å². The summed E-state index contributed by atoms with van der Waals surface area (Å²) in [7, 11) is 0. The molecule has 0 radical (unpaired) electrons. The molecular formula is C19H21FN2OS. The van der Waals surface area contributed by atoms with Crippen molar-refractivity contribution in [2.24, 2.45) is 11.7 Å². The van der Waals surface area contributed by atoms with E-state index in [9.17, 15) is 9.18 Å². The number of hydrogen-bond acceptors (Lipinski definition) is 3. The maximum absolute atomic E-state index is 12.9. The van der Waals surface area contributed by atoms with E-state index in [1.807, 2.05) is 23.1 Å². The SMILES string of the molecule is NC[C@@H]1CN(C(=O)CSc2ccc(F)cc2)C[C@H]1c1ccccc1. The summed E-state index contributed by atoms with van der Waals surface area (Å²) in [6.07, 6.45) is 0. The number of carbonyl (C=O) groups is 1. The second kappa shape index (κ2) is 7.81. The van der Waals surface area contributed by atoms with Gasteiger partial charge in [0, 0.05) is 23.9 Å². The van der Waals surface area contributed by atoms with Gasteiger partial charge in [-0.2, -0.15) is 0 Å². The zero-order valence-corrected chi connectivity index (χ0v) is 14.2. The standard InChI is InChI=1S/C19H21FN2OS/c20-16-6-8-17(9-7-16)24-13-19(23)22-11-15(10-21)18(12-22)14-4-2-1-3-5-14/h1-9,15,18H,10-13,21H2/t15-,18+/m1/s1. The van der Waals surface area contributed by atoms with E-state index < -0.39 is 0 Å². The second-order valence-electron chi connectivity index (χ2n) is 6.05. The lowest BCUT2D eigenvalue weighted by Gasteiger charge is -2.16. The Morgan fingerprint density at radius 3 is 2.50 bits per heavy atom. The Balaban J connectivity index is 1.60. The molecule has 1 saturated heterocycles. The topological polar surface area (TPSA) is 46.3 Å². The Labute approximate surface area is 146 Å². The molecular weight excluding hydrogens is 323 g/mol. The molecule has 0 bridgehead atoms. The van der Waals surface area contributed by atoms with Crippen molar-refractivity contribution in [3.63, 3.8) is 0 Å². The van der Waals surface area contributed by atoms with E-state index >= 15 is 0 Å². The van der Waals surface area contributed by atoms with Crippen LogP contribution in [0.3, 0.4) is 0 Å². The molecule has 1 aliphatic rings. The average Bonchev–Trinajstić information content (AvgIpc) is 3.06. The zero-order valence-electron chi connectivity index (χ0n) is 13.4. The van der Waals surface area contributed by atoms with Gasteiger partial charge in [-0.3, -0.25) is 4.79 Å². The third-order valence-electron chi connectivity index (χ3n) is 4.50. The third kappa shape index (κ3) is 3.97. The van der Waals surface area contributed by atoms with Gasteiger partial charge in [0.25, 0.3) is 0 Å². The molecule has 0 spiro atoms. The largest absolute Gasteiger partial charge is 0.341 e. The van der Waals surface area contributed by atoms with Crippen molar-refractivity contribution in [3.8, 4) is 0 Å². The Bertz CT molecular complexity index is 678. The molecule has 0 aliphatic carbocycles. The molecule has 24 heavy (non-hydrogen) atoms. The van der Waals surface area contributed by atoms with Gasteiger partial charge in [0.2, 0.25) is 5.91 Å². The molecule has 1 fully saturated rings. The van der Waals surface area contributed by atoms with Crippen LogP contribution in [0.4, 0.5) is 4.39 Å². The molecule has 3 rings (SSSR count). The molecule has 126 valence electrons. The number of nitrogens with two attached hydrogens (primary N) is 1. The molecule has 2 atom stereocenters. The molecule has 3 nitrogen and oxygen atoms in total. The number of nitrogens with zero attached hydrogens (tertiary/aromatic N) is 1. The molecule has 0 saturated carbocycles. The predicted molar refractivity (Wildman–Crippen MR) is 95.4 cm³/mol. The van der Waals surface area contributed by atoms with Crippen LogP contribution in [0, 0.1) is 11.7 Å². The highest BCUT2D eigenvalue weighted by molar-refractivity contribution is 8.00. The maximum atomic E-state index is 12.9. The normalized spacial score (nSPS) is 20.3. The summed E-state index contributed by atoms with van der Waals surface area (Å²) >= 11 is 1.44. The number of benzene rings is 2. The Hall–Kier alpha value is -1.85. The number of likely N-dealkylation sites (tertiary alicyclic amines) is 1. The lowest BCUT2D eigenvalue weighted by molar-refractivity contribution is -0.127. The smallest absolute Gasteiger partial charge is 0.232 e. The first-order valence-electron chi connectivity index (χ1n) is 8.08. The number of carbonyl (C=O) groups excluding carboxylic acids is 1. The van der Waals surface area contributed by atoms with Crippen LogP contribution in [0.2, 0.25) is 0 Å². The van der Waals surface area contributed by atoms with Crippen LogP contribution >= 0.6 is 11.8 Å². The van der Waals surface area contributed by atoms with E-state index in [1.165, 1.54) is 29.5 Å². The van der Waals surface area contributed by atoms with E-state index in [4.69, 9.17) is 5.73 Å². The van der Waals surface area contributed by atoms with Crippen molar-refractivity contribution >= 4 is 17.7 Å². The van der Waals surface area contributed by atoms with Gasteiger partial charge in [-0.25, -0.2) is 4.39 Å². The van der Waals surface area contributed by atoms with Crippen molar-refractivity contribution in [1.82, 2.24) is 4.90 Å². The monoisotopic (exact) mass is 344 g/mol. The van der Waals surface area contributed by atoms with Crippen molar-refractivity contribution < 1.29 is 9.18 Å². The van der Waals surface area contributed by atoms with Crippen molar-refractivity contribution in [1.29, 1.82) is 0 Å². The lowest BCUT2D eigenvalue weighted by atomic mass is 9.89. The molecule has 0 unspecified atom stereocenters. The number of rotatable bonds is 5. The zero-order chi connectivity index (χ0) is 16.9. The van der Waals surface area contributed by atoms with E-state index in [0.29, 0.717) is 37.2 Å². The third-order valence-corrected chi connectivity index (χ3v) is 5.50. The van der Waals surface area contributed by atoms with Gasteiger partial charge in [-0.05, 0) is 42.3 Å². The summed E-state index contributed by atoms with van der Waals surface area (Å²) in [4.78, 5) is 15.3. The van der Waals surface area contributed by atoms with Gasteiger partial charge in [-0.15, -0.1) is 11.8 Å². The minimum absolute atomic E-state index is 0.112. The molecule has 5 heteroatoms. The van der Waals surface area contributed by atoms with Crippen molar-refractivity contribution in [2.75, 3.05) is 25.4 Å². The fourth-order valence-electron chi connectivity index (χ4n) is 3.16. The first kappa shape index (κ1) is 17.0. The summed E-state index contributed by atoms with van der Waals surface area (Å²) < 4.78 is 12.9. The average molecular weight is 344 g/mol. The van der Waals surface area contributed by atoms with Crippen LogP contribution in [0.15, 0.2) is 59.5 Å². The molecule has 2 aromatic carbocycles. The molecule has 1 aliphatic heterocycles. The fraction of sp³-hybridized carbons (Fsp3) is 0.316. The van der Waals surface area contributed by atoms with Crippen LogP contribution in [0.1, 0.15) is 11.5 Å². The van der Waals surface area contributed by atoms with Gasteiger partial charge in [0.15, 0.2) is 0 Å². The maximum Gasteiger partial charge on any atom is 0.232 e. The van der Waals surface area contributed by atoms with Gasteiger partial charge in [0.1, 0.15) is 5.82 Å². The highest BCUT2D eigenvalue weighted by Gasteiger charge is 2.34. The first-order valence-corrected chi connectivity index (χ1v) is 9.07. The van der Waals surface area contributed by atoms with E-state index in [-0.39, 0.29) is 11.7 Å². The van der Waals surface area contributed by atoms with Crippen LogP contribution in [-0.4, -0.2) is 36.2 Å². The highest BCUT2D eigenvalue weighted by atomic mass is 32.2. The second-order valence-corrected chi connectivity index (χ2v) is 7.10. The summed E-state index contributed by atoms with van der Waals surface area (Å²) in [5.41, 5.74) is 7.17. The minimum Gasteiger partial charge on any atom is -0.341 e. The van der Waals surface area contributed by atoms with Crippen LogP contribution in [0.25, 0.3) is 0 Å².